The van der Waals surface area contributed by atoms with Gasteiger partial charge in [-0.1, -0.05) is 0 Å². The molecule has 2 aromatic heterocycles. The number of carbonyl (C=O) groups excluding carboxylic acids is 1. The second-order valence-corrected chi connectivity index (χ2v) is 8.85. The normalized spacial score (nSPS) is 22.2. The minimum atomic E-state index is -0.169. The third kappa shape index (κ3) is 5.78. The Morgan fingerprint density at radius 3 is 2.91 bits per heavy atom. The molecule has 9 nitrogen and oxygen atoms in total. The maximum atomic E-state index is 12.4. The van der Waals surface area contributed by atoms with Gasteiger partial charge in [0.2, 0.25) is 5.91 Å². The van der Waals surface area contributed by atoms with E-state index in [9.17, 15) is 4.79 Å². The number of nitrogens with one attached hydrogen (secondary N) is 1. The van der Waals surface area contributed by atoms with Crippen molar-refractivity contribution in [2.24, 2.45) is 4.99 Å². The Bertz CT molecular complexity index is 1030. The first-order valence-corrected chi connectivity index (χ1v) is 11.7. The average Bonchev–Trinajstić information content (AvgIpc) is 3.22. The largest absolute Gasteiger partial charge is 0.499 e. The highest BCUT2D eigenvalue weighted by molar-refractivity contribution is 5.95. The Labute approximate surface area is 194 Å². The maximum absolute atomic E-state index is 12.4. The summed E-state index contributed by atoms with van der Waals surface area (Å²) >= 11 is 0. The molecule has 1 unspecified atom stereocenters. The molecule has 1 amide bonds. The molecule has 1 aliphatic carbocycles. The highest BCUT2D eigenvalue weighted by Crippen LogP contribution is 2.29. The zero-order valence-electron chi connectivity index (χ0n) is 19.8. The number of hydrogen-bond donors (Lipinski definition) is 1. The van der Waals surface area contributed by atoms with E-state index in [4.69, 9.17) is 14.5 Å². The van der Waals surface area contributed by atoms with Crippen molar-refractivity contribution in [1.29, 1.82) is 0 Å². The number of carbonyl (C=O) groups is 1. The molecule has 0 spiro atoms. The van der Waals surface area contributed by atoms with Crippen molar-refractivity contribution >= 4 is 28.5 Å². The number of aromatic amines is 1. The standard InChI is InChI=1S/C24H34N6O3/c1-29-10-6-11-30(2)21(31)7-4-5-12-33-20-13-18(8-9-19(20)32-3)28-24-22-17(15-29)14-25-23(22)26-16-27-24/h9,14,16,20H,4-8,10-13,15H2,1-3H3,(H,25,26,27). The molecule has 1 atom stereocenters. The monoisotopic (exact) mass is 454 g/mol. The third-order valence-electron chi connectivity index (χ3n) is 6.31. The second-order valence-electron chi connectivity index (χ2n) is 8.85. The minimum absolute atomic E-state index is 0.169. The van der Waals surface area contributed by atoms with Crippen molar-refractivity contribution in [3.63, 3.8) is 0 Å². The van der Waals surface area contributed by atoms with Gasteiger partial charge in [-0.05, 0) is 44.5 Å². The fourth-order valence-corrected chi connectivity index (χ4v) is 4.43. The molecule has 0 fully saturated rings. The summed E-state index contributed by atoms with van der Waals surface area (Å²) in [6.07, 6.45) is 9.91. The summed E-state index contributed by atoms with van der Waals surface area (Å²) in [4.78, 5) is 33.7. The summed E-state index contributed by atoms with van der Waals surface area (Å²) in [5.74, 6) is 1.72. The Balaban J connectivity index is 1.63. The van der Waals surface area contributed by atoms with Gasteiger partial charge >= 0.3 is 0 Å². The number of amides is 1. The topological polar surface area (TPSA) is 95.9 Å². The van der Waals surface area contributed by atoms with E-state index in [1.165, 1.54) is 0 Å². The average molecular weight is 455 g/mol. The van der Waals surface area contributed by atoms with Crippen molar-refractivity contribution in [3.8, 4) is 0 Å². The van der Waals surface area contributed by atoms with Gasteiger partial charge in [-0.15, -0.1) is 0 Å². The van der Waals surface area contributed by atoms with Crippen molar-refractivity contribution < 1.29 is 14.3 Å². The number of fused-ring (bicyclic) bond motifs is 2. The van der Waals surface area contributed by atoms with E-state index in [0.29, 0.717) is 31.7 Å². The van der Waals surface area contributed by atoms with Crippen LogP contribution in [0, 0.1) is 0 Å². The fourth-order valence-electron chi connectivity index (χ4n) is 4.43. The predicted molar refractivity (Wildman–Crippen MR) is 127 cm³/mol. The SMILES string of the molecule is COC1=CCC2=Nc3ncnc4[nH]cc(c34)CN(C)CCCN(C)C(=O)CCCCOC1C2. The van der Waals surface area contributed by atoms with Crippen LogP contribution in [0.5, 0.6) is 0 Å². The van der Waals surface area contributed by atoms with Crippen LogP contribution in [0.1, 0.15) is 44.1 Å². The van der Waals surface area contributed by atoms with E-state index in [1.54, 1.807) is 13.4 Å². The van der Waals surface area contributed by atoms with Crippen molar-refractivity contribution in [3.05, 3.63) is 29.9 Å². The second kappa shape index (κ2) is 10.9. The number of rotatable bonds is 1. The molecular weight excluding hydrogens is 420 g/mol. The molecule has 1 aliphatic heterocycles. The van der Waals surface area contributed by atoms with Crippen LogP contribution >= 0.6 is 0 Å². The zero-order chi connectivity index (χ0) is 23.2. The first kappa shape index (κ1) is 23.4. The van der Waals surface area contributed by atoms with E-state index in [-0.39, 0.29) is 12.0 Å². The van der Waals surface area contributed by atoms with Gasteiger partial charge < -0.3 is 24.3 Å². The van der Waals surface area contributed by atoms with E-state index >= 15 is 0 Å². The first-order valence-electron chi connectivity index (χ1n) is 11.7. The summed E-state index contributed by atoms with van der Waals surface area (Å²) in [7, 11) is 5.66. The van der Waals surface area contributed by atoms with Crippen LogP contribution in [0.2, 0.25) is 0 Å². The van der Waals surface area contributed by atoms with Crippen LogP contribution in [0.4, 0.5) is 5.82 Å². The lowest BCUT2D eigenvalue weighted by molar-refractivity contribution is -0.130. The van der Waals surface area contributed by atoms with Gasteiger partial charge in [0.15, 0.2) is 5.82 Å². The Hall–Kier alpha value is -2.78. The summed E-state index contributed by atoms with van der Waals surface area (Å²) < 4.78 is 11.7. The molecule has 9 heteroatoms. The van der Waals surface area contributed by atoms with E-state index < -0.39 is 0 Å². The molecule has 0 saturated heterocycles. The van der Waals surface area contributed by atoms with E-state index in [0.717, 1.165) is 67.0 Å². The van der Waals surface area contributed by atoms with Gasteiger partial charge in [-0.3, -0.25) is 4.79 Å². The molecule has 1 N–H and O–H groups in total. The first-order chi connectivity index (χ1) is 16.0. The number of aliphatic imine (C=N–C) groups is 1. The highest BCUT2D eigenvalue weighted by Gasteiger charge is 2.24. The third-order valence-corrected chi connectivity index (χ3v) is 6.31. The number of methoxy groups -OCH3 is 1. The molecule has 0 aromatic carbocycles. The number of hydrogen-bond acceptors (Lipinski definition) is 7. The summed E-state index contributed by atoms with van der Waals surface area (Å²) in [6, 6.07) is 0. The number of aromatic nitrogens is 3. The molecule has 4 rings (SSSR count). The summed E-state index contributed by atoms with van der Waals surface area (Å²) in [6.45, 7) is 2.98. The fraction of sp³-hybridized carbons (Fsp3) is 0.583. The van der Waals surface area contributed by atoms with E-state index in [2.05, 4.69) is 26.9 Å². The molecular formula is C24H34N6O3. The molecule has 0 saturated carbocycles. The molecule has 0 radical (unpaired) electrons. The Kier molecular flexibility index (Phi) is 7.72. The predicted octanol–water partition coefficient (Wildman–Crippen LogP) is 3.20. The molecule has 2 aromatic rings. The number of nitrogens with zero attached hydrogens (tertiary/aromatic N) is 5. The number of ether oxygens (including phenoxy) is 2. The van der Waals surface area contributed by atoms with Crippen LogP contribution in [-0.2, 0) is 20.8 Å². The van der Waals surface area contributed by atoms with Gasteiger partial charge in [0.05, 0.1) is 12.5 Å². The zero-order valence-corrected chi connectivity index (χ0v) is 19.8. The maximum Gasteiger partial charge on any atom is 0.222 e. The quantitative estimate of drug-likeness (QED) is 0.711. The lowest BCUT2D eigenvalue weighted by Gasteiger charge is -2.24. The lowest BCUT2D eigenvalue weighted by Crippen LogP contribution is -2.30. The van der Waals surface area contributed by atoms with Gasteiger partial charge in [-0.2, -0.15) is 0 Å². The van der Waals surface area contributed by atoms with Gasteiger partial charge in [0.1, 0.15) is 23.8 Å². The van der Waals surface area contributed by atoms with Crippen molar-refractivity contribution in [2.75, 3.05) is 40.9 Å². The minimum Gasteiger partial charge on any atom is -0.499 e. The number of H-pyrrole nitrogens is 1. The van der Waals surface area contributed by atoms with Crippen LogP contribution in [0.3, 0.4) is 0 Å². The van der Waals surface area contributed by atoms with Gasteiger partial charge in [-0.25, -0.2) is 15.0 Å². The van der Waals surface area contributed by atoms with Gasteiger partial charge in [0.25, 0.3) is 0 Å². The van der Waals surface area contributed by atoms with Crippen LogP contribution in [-0.4, -0.2) is 83.4 Å². The van der Waals surface area contributed by atoms with Crippen molar-refractivity contribution in [1.82, 2.24) is 24.8 Å². The molecule has 33 heavy (non-hydrogen) atoms. The smallest absolute Gasteiger partial charge is 0.222 e. The molecule has 2 aliphatic rings. The van der Waals surface area contributed by atoms with Crippen LogP contribution in [0.15, 0.2) is 29.4 Å². The van der Waals surface area contributed by atoms with E-state index in [1.807, 2.05) is 24.2 Å². The molecule has 3 heterocycles. The Morgan fingerprint density at radius 2 is 2.06 bits per heavy atom. The lowest BCUT2D eigenvalue weighted by atomic mass is 10.0. The van der Waals surface area contributed by atoms with Gasteiger partial charge in [0, 0.05) is 57.9 Å². The Morgan fingerprint density at radius 1 is 1.18 bits per heavy atom. The summed E-state index contributed by atoms with van der Waals surface area (Å²) in [5.41, 5.74) is 2.92. The number of allylic oxidation sites excluding steroid dienone is 1. The van der Waals surface area contributed by atoms with Crippen LogP contribution < -0.4 is 0 Å². The van der Waals surface area contributed by atoms with Crippen LogP contribution in [0.25, 0.3) is 11.0 Å². The summed E-state index contributed by atoms with van der Waals surface area (Å²) in [5, 5.41) is 0.959. The van der Waals surface area contributed by atoms with Crippen molar-refractivity contribution in [2.45, 2.75) is 51.2 Å². The molecule has 178 valence electrons. The highest BCUT2D eigenvalue weighted by atomic mass is 16.5. The molecule has 2 bridgehead atoms.